The summed E-state index contributed by atoms with van der Waals surface area (Å²) in [5.74, 6) is 0.718. The van der Waals surface area contributed by atoms with Gasteiger partial charge in [-0.3, -0.25) is 0 Å². The van der Waals surface area contributed by atoms with E-state index in [0.29, 0.717) is 0 Å². The second kappa shape index (κ2) is 12.7. The Balaban J connectivity index is 1.20. The average Bonchev–Trinajstić information content (AvgIpc) is 3.75. The van der Waals surface area contributed by atoms with Gasteiger partial charge in [0.2, 0.25) is 0 Å². The molecule has 0 saturated heterocycles. The van der Waals surface area contributed by atoms with Crippen molar-refractivity contribution in [1.29, 1.82) is 0 Å². The predicted octanol–water partition coefficient (Wildman–Crippen LogP) is 14.6. The van der Waals surface area contributed by atoms with Crippen LogP contribution in [0.2, 0.25) is 0 Å². The van der Waals surface area contributed by atoms with Gasteiger partial charge < -0.3 is 0 Å². The lowest BCUT2D eigenvalue weighted by molar-refractivity contribution is 0.660. The van der Waals surface area contributed by atoms with Gasteiger partial charge >= 0.3 is 0 Å². The standard InChI is InChI=1S/C53H36N2S/c1-53(2)45-26-10-8-21-43(45)50-44(25-14-27-46(50)53)48-32-47(54-52(55-48)42-24-12-18-34-17-6-7-19-38(34)42)37-30-35(33-15-4-3-5-16-33)29-36(31-37)39-22-13-23-41-40-20-9-11-28-49(40)56-51(39)41/h3-32H,1-2H3. The number of benzene rings is 8. The molecule has 0 bridgehead atoms. The largest absolute Gasteiger partial charge is 0.228 e. The number of nitrogens with zero attached hydrogens (tertiary/aromatic N) is 2. The molecule has 1 aliphatic rings. The molecule has 0 aliphatic heterocycles. The molecule has 10 aromatic rings. The first-order valence-corrected chi connectivity index (χ1v) is 20.1. The molecule has 1 aliphatic carbocycles. The molecule has 2 aromatic heterocycles. The molecule has 2 heterocycles. The normalized spacial score (nSPS) is 13.0. The van der Waals surface area contributed by atoms with Gasteiger partial charge in [-0.25, -0.2) is 9.97 Å². The molecule has 0 N–H and O–H groups in total. The van der Waals surface area contributed by atoms with Crippen molar-refractivity contribution in [3.05, 3.63) is 193 Å². The second-order valence-corrected chi connectivity index (χ2v) is 16.4. The minimum absolute atomic E-state index is 0.122. The van der Waals surface area contributed by atoms with Gasteiger partial charge in [0.15, 0.2) is 5.82 Å². The lowest BCUT2D eigenvalue weighted by Crippen LogP contribution is -2.14. The van der Waals surface area contributed by atoms with Crippen molar-refractivity contribution in [1.82, 2.24) is 9.97 Å². The smallest absolute Gasteiger partial charge is 0.161 e. The van der Waals surface area contributed by atoms with Gasteiger partial charge in [0.1, 0.15) is 0 Å². The summed E-state index contributed by atoms with van der Waals surface area (Å²) in [6.45, 7) is 4.67. The second-order valence-electron chi connectivity index (χ2n) is 15.3. The van der Waals surface area contributed by atoms with Gasteiger partial charge in [0.25, 0.3) is 0 Å². The maximum absolute atomic E-state index is 5.47. The molecule has 0 spiro atoms. The Hall–Kier alpha value is -6.68. The summed E-state index contributed by atoms with van der Waals surface area (Å²) in [5.41, 5.74) is 14.8. The van der Waals surface area contributed by atoms with Crippen LogP contribution in [0, 0.1) is 0 Å². The first-order valence-electron chi connectivity index (χ1n) is 19.2. The van der Waals surface area contributed by atoms with Crippen LogP contribution in [-0.2, 0) is 5.41 Å². The van der Waals surface area contributed by atoms with Crippen LogP contribution in [0.4, 0.5) is 0 Å². The van der Waals surface area contributed by atoms with E-state index in [1.54, 1.807) is 0 Å². The van der Waals surface area contributed by atoms with E-state index in [4.69, 9.17) is 9.97 Å². The molecule has 0 atom stereocenters. The molecule has 0 unspecified atom stereocenters. The van der Waals surface area contributed by atoms with E-state index in [9.17, 15) is 0 Å². The Kier molecular flexibility index (Phi) is 7.42. The molecule has 0 saturated carbocycles. The van der Waals surface area contributed by atoms with E-state index in [-0.39, 0.29) is 5.41 Å². The Morgan fingerprint density at radius 2 is 1.02 bits per heavy atom. The van der Waals surface area contributed by atoms with Gasteiger partial charge in [-0.05, 0) is 85.6 Å². The Labute approximate surface area is 330 Å². The number of thiophene rings is 1. The Bertz CT molecular complexity index is 3170. The third-order valence-electron chi connectivity index (χ3n) is 11.7. The highest BCUT2D eigenvalue weighted by Crippen LogP contribution is 2.52. The molecular formula is C53H36N2S. The monoisotopic (exact) mass is 732 g/mol. The van der Waals surface area contributed by atoms with Crippen molar-refractivity contribution in [2.75, 3.05) is 0 Å². The Morgan fingerprint density at radius 1 is 0.411 bits per heavy atom. The number of rotatable bonds is 5. The van der Waals surface area contributed by atoms with E-state index >= 15 is 0 Å². The summed E-state index contributed by atoms with van der Waals surface area (Å²) >= 11 is 1.87. The van der Waals surface area contributed by atoms with Crippen molar-refractivity contribution in [2.24, 2.45) is 0 Å². The quantitative estimate of drug-likeness (QED) is 0.176. The summed E-state index contributed by atoms with van der Waals surface area (Å²) in [6, 6.07) is 65.9. The van der Waals surface area contributed by atoms with Crippen LogP contribution in [0.1, 0.15) is 25.0 Å². The first kappa shape index (κ1) is 32.7. The average molecular weight is 733 g/mol. The number of fused-ring (bicyclic) bond motifs is 7. The van der Waals surface area contributed by atoms with Crippen LogP contribution >= 0.6 is 11.3 Å². The van der Waals surface area contributed by atoms with Crippen LogP contribution < -0.4 is 0 Å². The van der Waals surface area contributed by atoms with E-state index in [2.05, 4.69) is 196 Å². The molecule has 0 amide bonds. The fourth-order valence-electron chi connectivity index (χ4n) is 8.94. The number of aromatic nitrogens is 2. The fourth-order valence-corrected chi connectivity index (χ4v) is 10.2. The molecule has 0 fully saturated rings. The van der Waals surface area contributed by atoms with E-state index < -0.39 is 0 Å². The minimum Gasteiger partial charge on any atom is -0.228 e. The molecule has 56 heavy (non-hydrogen) atoms. The lowest BCUT2D eigenvalue weighted by Gasteiger charge is -2.21. The zero-order valence-electron chi connectivity index (χ0n) is 31.1. The van der Waals surface area contributed by atoms with Crippen LogP contribution in [0.15, 0.2) is 182 Å². The van der Waals surface area contributed by atoms with Crippen molar-refractivity contribution in [2.45, 2.75) is 19.3 Å². The number of hydrogen-bond acceptors (Lipinski definition) is 3. The minimum atomic E-state index is -0.122. The van der Waals surface area contributed by atoms with E-state index in [1.165, 1.54) is 64.5 Å². The molecule has 11 rings (SSSR count). The van der Waals surface area contributed by atoms with Gasteiger partial charge in [-0.1, -0.05) is 166 Å². The molecule has 8 aromatic carbocycles. The highest BCUT2D eigenvalue weighted by molar-refractivity contribution is 7.26. The summed E-state index contributed by atoms with van der Waals surface area (Å²) in [6.07, 6.45) is 0. The highest BCUT2D eigenvalue weighted by atomic mass is 32.1. The van der Waals surface area contributed by atoms with Gasteiger partial charge in [-0.2, -0.15) is 0 Å². The van der Waals surface area contributed by atoms with Crippen molar-refractivity contribution < 1.29 is 0 Å². The van der Waals surface area contributed by atoms with Crippen LogP contribution in [0.3, 0.4) is 0 Å². The molecule has 3 heteroatoms. The molecule has 264 valence electrons. The zero-order valence-corrected chi connectivity index (χ0v) is 31.9. The predicted molar refractivity (Wildman–Crippen MR) is 237 cm³/mol. The van der Waals surface area contributed by atoms with Crippen molar-refractivity contribution in [3.63, 3.8) is 0 Å². The van der Waals surface area contributed by atoms with Crippen LogP contribution in [0.5, 0.6) is 0 Å². The van der Waals surface area contributed by atoms with Crippen molar-refractivity contribution in [3.8, 4) is 67.3 Å². The lowest BCUT2D eigenvalue weighted by atomic mass is 9.82. The van der Waals surface area contributed by atoms with E-state index in [1.807, 2.05) is 11.3 Å². The summed E-state index contributed by atoms with van der Waals surface area (Å²) in [5, 5.41) is 4.90. The summed E-state index contributed by atoms with van der Waals surface area (Å²) in [7, 11) is 0. The summed E-state index contributed by atoms with van der Waals surface area (Å²) in [4.78, 5) is 10.9. The van der Waals surface area contributed by atoms with Gasteiger partial charge in [0.05, 0.1) is 11.4 Å². The van der Waals surface area contributed by atoms with Gasteiger partial charge in [0, 0.05) is 42.3 Å². The Morgan fingerprint density at radius 3 is 1.93 bits per heavy atom. The molecular weight excluding hydrogens is 697 g/mol. The number of hydrogen-bond donors (Lipinski definition) is 0. The van der Waals surface area contributed by atoms with Crippen LogP contribution in [-0.4, -0.2) is 9.97 Å². The highest BCUT2D eigenvalue weighted by Gasteiger charge is 2.37. The third kappa shape index (κ3) is 5.16. The molecule has 0 radical (unpaired) electrons. The maximum Gasteiger partial charge on any atom is 0.161 e. The SMILES string of the molecule is CC1(C)c2ccccc2-c2c(-c3cc(-c4cc(-c5ccccc5)cc(-c5cccc6c5sc5ccccc56)c4)nc(-c4cccc5ccccc45)n3)cccc21. The maximum atomic E-state index is 5.47. The van der Waals surface area contributed by atoms with Gasteiger partial charge in [-0.15, -0.1) is 11.3 Å². The topological polar surface area (TPSA) is 25.8 Å². The van der Waals surface area contributed by atoms with Crippen LogP contribution in [0.25, 0.3) is 98.2 Å². The zero-order chi connectivity index (χ0) is 37.4. The fraction of sp³-hybridized carbons (Fsp3) is 0.0566. The molecule has 2 nitrogen and oxygen atoms in total. The first-order chi connectivity index (χ1) is 27.5. The van der Waals surface area contributed by atoms with Crippen molar-refractivity contribution >= 4 is 42.3 Å². The summed E-state index contributed by atoms with van der Waals surface area (Å²) < 4.78 is 2.60. The third-order valence-corrected chi connectivity index (χ3v) is 12.9. The van der Waals surface area contributed by atoms with E-state index in [0.717, 1.165) is 44.9 Å².